The van der Waals surface area contributed by atoms with Crippen LogP contribution >= 0.6 is 12.2 Å². The highest BCUT2D eigenvalue weighted by molar-refractivity contribution is 7.71. The van der Waals surface area contributed by atoms with Gasteiger partial charge in [0.25, 0.3) is 0 Å². The molecule has 2 heterocycles. The number of aromatic amines is 1. The SMILES string of the molecule is S=c1nc(-c2coc3ccccc23)[nH]c2c1CCC2. The van der Waals surface area contributed by atoms with Crippen LogP contribution < -0.4 is 0 Å². The Morgan fingerprint density at radius 3 is 3.05 bits per heavy atom. The van der Waals surface area contributed by atoms with E-state index in [4.69, 9.17) is 16.6 Å². The maximum absolute atomic E-state index is 5.57. The van der Waals surface area contributed by atoms with E-state index in [0.717, 1.165) is 46.3 Å². The molecule has 1 aliphatic carbocycles. The highest BCUT2D eigenvalue weighted by Crippen LogP contribution is 2.30. The number of benzene rings is 1. The zero-order valence-electron chi connectivity index (χ0n) is 10.3. The van der Waals surface area contributed by atoms with Crippen molar-refractivity contribution in [3.05, 3.63) is 46.4 Å². The van der Waals surface area contributed by atoms with Crippen LogP contribution in [0.2, 0.25) is 0 Å². The number of aryl methyl sites for hydroxylation is 1. The molecule has 0 unspecified atom stereocenters. The summed E-state index contributed by atoms with van der Waals surface area (Å²) in [6.07, 6.45) is 5.01. The molecular formula is C15H12N2OS. The molecule has 0 bridgehead atoms. The van der Waals surface area contributed by atoms with Gasteiger partial charge in [0, 0.05) is 16.6 Å². The number of nitrogens with one attached hydrogen (secondary N) is 1. The van der Waals surface area contributed by atoms with Gasteiger partial charge in [0.1, 0.15) is 22.3 Å². The molecule has 1 N–H and O–H groups in total. The molecular weight excluding hydrogens is 256 g/mol. The quantitative estimate of drug-likeness (QED) is 0.677. The Balaban J connectivity index is 1.98. The van der Waals surface area contributed by atoms with Gasteiger partial charge in [-0.3, -0.25) is 0 Å². The summed E-state index contributed by atoms with van der Waals surface area (Å²) < 4.78 is 6.30. The second-order valence-electron chi connectivity index (χ2n) is 4.85. The fraction of sp³-hybridized carbons (Fsp3) is 0.200. The van der Waals surface area contributed by atoms with Gasteiger partial charge in [-0.05, 0) is 25.3 Å². The van der Waals surface area contributed by atoms with Gasteiger partial charge in [0.05, 0.1) is 5.56 Å². The van der Waals surface area contributed by atoms with Crippen molar-refractivity contribution >= 4 is 23.2 Å². The van der Waals surface area contributed by atoms with Crippen molar-refractivity contribution in [2.75, 3.05) is 0 Å². The fourth-order valence-corrected chi connectivity index (χ4v) is 3.06. The maximum atomic E-state index is 5.57. The fourth-order valence-electron chi connectivity index (χ4n) is 2.75. The zero-order chi connectivity index (χ0) is 12.8. The Bertz CT molecular complexity index is 832. The first-order chi connectivity index (χ1) is 9.33. The standard InChI is InChI=1S/C15H12N2OS/c19-15-10-5-3-6-12(10)16-14(17-15)11-8-18-13-7-2-1-4-9(11)13/h1-2,4,7-8H,3,5-6H2,(H,16,17,19). The molecule has 1 aliphatic rings. The van der Waals surface area contributed by atoms with Crippen LogP contribution in [0.5, 0.6) is 0 Å². The van der Waals surface area contributed by atoms with Crippen molar-refractivity contribution in [2.45, 2.75) is 19.3 Å². The lowest BCUT2D eigenvalue weighted by Crippen LogP contribution is -1.96. The van der Waals surface area contributed by atoms with Gasteiger partial charge in [-0.2, -0.15) is 0 Å². The zero-order valence-corrected chi connectivity index (χ0v) is 11.1. The van der Waals surface area contributed by atoms with E-state index in [1.807, 2.05) is 24.3 Å². The third kappa shape index (κ3) is 1.64. The van der Waals surface area contributed by atoms with E-state index in [2.05, 4.69) is 9.97 Å². The summed E-state index contributed by atoms with van der Waals surface area (Å²) in [7, 11) is 0. The van der Waals surface area contributed by atoms with E-state index < -0.39 is 0 Å². The molecule has 0 atom stereocenters. The van der Waals surface area contributed by atoms with E-state index >= 15 is 0 Å². The van der Waals surface area contributed by atoms with Gasteiger partial charge in [-0.15, -0.1) is 0 Å². The molecule has 4 heteroatoms. The molecule has 0 radical (unpaired) electrons. The van der Waals surface area contributed by atoms with Crippen LogP contribution in [0, 0.1) is 4.64 Å². The Labute approximate surface area is 115 Å². The summed E-state index contributed by atoms with van der Waals surface area (Å²) in [6.45, 7) is 0. The van der Waals surface area contributed by atoms with Crippen LogP contribution in [0.3, 0.4) is 0 Å². The van der Waals surface area contributed by atoms with E-state index in [1.165, 1.54) is 11.3 Å². The first kappa shape index (κ1) is 10.9. The average Bonchev–Trinajstić information content (AvgIpc) is 3.04. The highest BCUT2D eigenvalue weighted by atomic mass is 32.1. The number of hydrogen-bond acceptors (Lipinski definition) is 3. The molecule has 0 saturated carbocycles. The smallest absolute Gasteiger partial charge is 0.143 e. The Kier molecular flexibility index (Phi) is 2.32. The molecule has 0 saturated heterocycles. The summed E-state index contributed by atoms with van der Waals surface area (Å²) in [4.78, 5) is 7.96. The lowest BCUT2D eigenvalue weighted by molar-refractivity contribution is 0.616. The van der Waals surface area contributed by atoms with Crippen molar-refractivity contribution in [1.82, 2.24) is 9.97 Å². The van der Waals surface area contributed by atoms with Crippen LogP contribution in [0.4, 0.5) is 0 Å². The number of furan rings is 1. The third-order valence-corrected chi connectivity index (χ3v) is 4.03. The van der Waals surface area contributed by atoms with E-state index in [9.17, 15) is 0 Å². The molecule has 2 aromatic heterocycles. The van der Waals surface area contributed by atoms with Crippen molar-refractivity contribution in [2.24, 2.45) is 0 Å². The average molecular weight is 268 g/mol. The van der Waals surface area contributed by atoms with Gasteiger partial charge in [-0.1, -0.05) is 30.4 Å². The van der Waals surface area contributed by atoms with Crippen LogP contribution in [-0.4, -0.2) is 9.97 Å². The van der Waals surface area contributed by atoms with Gasteiger partial charge in [0.2, 0.25) is 0 Å². The summed E-state index contributed by atoms with van der Waals surface area (Å²) in [6, 6.07) is 7.97. The molecule has 0 fully saturated rings. The third-order valence-electron chi connectivity index (χ3n) is 3.69. The topological polar surface area (TPSA) is 41.8 Å². The molecule has 0 aliphatic heterocycles. The number of hydrogen-bond donors (Lipinski definition) is 1. The first-order valence-corrected chi connectivity index (χ1v) is 6.82. The lowest BCUT2D eigenvalue weighted by atomic mass is 10.1. The number of para-hydroxylation sites is 1. The molecule has 0 amide bonds. The van der Waals surface area contributed by atoms with Gasteiger partial charge < -0.3 is 9.40 Å². The van der Waals surface area contributed by atoms with Crippen molar-refractivity contribution in [1.29, 1.82) is 0 Å². The van der Waals surface area contributed by atoms with Crippen molar-refractivity contribution in [3.63, 3.8) is 0 Å². The molecule has 4 rings (SSSR count). The van der Waals surface area contributed by atoms with Gasteiger partial charge in [-0.25, -0.2) is 4.98 Å². The van der Waals surface area contributed by atoms with Crippen LogP contribution in [-0.2, 0) is 12.8 Å². The Morgan fingerprint density at radius 2 is 2.11 bits per heavy atom. The molecule has 19 heavy (non-hydrogen) atoms. The molecule has 0 spiro atoms. The predicted octanol–water partition coefficient (Wildman–Crippen LogP) is 4.04. The Hall–Kier alpha value is -1.94. The number of rotatable bonds is 1. The van der Waals surface area contributed by atoms with E-state index in [0.29, 0.717) is 0 Å². The Morgan fingerprint density at radius 1 is 1.21 bits per heavy atom. The molecule has 3 aromatic rings. The number of aromatic nitrogens is 2. The van der Waals surface area contributed by atoms with Crippen molar-refractivity contribution in [3.8, 4) is 11.4 Å². The van der Waals surface area contributed by atoms with Crippen LogP contribution in [0.25, 0.3) is 22.4 Å². The monoisotopic (exact) mass is 268 g/mol. The number of nitrogens with zero attached hydrogens (tertiary/aromatic N) is 1. The summed E-state index contributed by atoms with van der Waals surface area (Å²) in [5.74, 6) is 0.815. The number of fused-ring (bicyclic) bond motifs is 2. The second kappa shape index (κ2) is 4.03. The highest BCUT2D eigenvalue weighted by Gasteiger charge is 2.17. The molecule has 3 nitrogen and oxygen atoms in total. The van der Waals surface area contributed by atoms with E-state index in [-0.39, 0.29) is 0 Å². The summed E-state index contributed by atoms with van der Waals surface area (Å²) in [5.41, 5.74) is 4.31. The second-order valence-corrected chi connectivity index (χ2v) is 5.23. The van der Waals surface area contributed by atoms with Crippen molar-refractivity contribution < 1.29 is 4.42 Å². The van der Waals surface area contributed by atoms with Gasteiger partial charge in [0.15, 0.2) is 0 Å². The lowest BCUT2D eigenvalue weighted by Gasteiger charge is -2.04. The number of H-pyrrole nitrogens is 1. The largest absolute Gasteiger partial charge is 0.464 e. The van der Waals surface area contributed by atoms with Crippen LogP contribution in [0.15, 0.2) is 34.9 Å². The van der Waals surface area contributed by atoms with Gasteiger partial charge >= 0.3 is 0 Å². The predicted molar refractivity (Wildman–Crippen MR) is 76.7 cm³/mol. The minimum Gasteiger partial charge on any atom is -0.464 e. The molecule has 94 valence electrons. The summed E-state index contributed by atoms with van der Waals surface area (Å²) >= 11 is 5.40. The van der Waals surface area contributed by atoms with Crippen LogP contribution in [0.1, 0.15) is 17.7 Å². The molecule has 1 aromatic carbocycles. The minimum absolute atomic E-state index is 0.728. The minimum atomic E-state index is 0.728. The maximum Gasteiger partial charge on any atom is 0.143 e. The normalized spacial score (nSPS) is 13.9. The van der Waals surface area contributed by atoms with E-state index in [1.54, 1.807) is 6.26 Å². The first-order valence-electron chi connectivity index (χ1n) is 6.41. The summed E-state index contributed by atoms with van der Waals surface area (Å²) in [5, 5.41) is 1.07.